The Bertz CT molecular complexity index is 1650. The largest absolute Gasteiger partial charge is 0.508 e. The predicted molar refractivity (Wildman–Crippen MR) is 202 cm³/mol. The molecule has 0 aromatic heterocycles. The Morgan fingerprint density at radius 1 is 0.828 bits per heavy atom. The molecule has 0 radical (unpaired) electrons. The molecular formula is C37H56N8O13. The molecule has 3 fully saturated rings. The number of aliphatic carboxylic acids is 1. The smallest absolute Gasteiger partial charge is 0.328 e. The third kappa shape index (κ3) is 11.4. The number of benzene rings is 1. The van der Waals surface area contributed by atoms with Gasteiger partial charge in [-0.2, -0.15) is 0 Å². The highest BCUT2D eigenvalue weighted by Crippen LogP contribution is 2.27. The van der Waals surface area contributed by atoms with E-state index in [2.05, 4.69) is 16.0 Å². The molecular weight excluding hydrogens is 764 g/mol. The Hall–Kier alpha value is -4.93. The van der Waals surface area contributed by atoms with E-state index in [0.29, 0.717) is 37.8 Å². The van der Waals surface area contributed by atoms with Crippen LogP contribution in [0.3, 0.4) is 0 Å². The van der Waals surface area contributed by atoms with Crippen LogP contribution in [0.15, 0.2) is 24.3 Å². The Balaban J connectivity index is 1.53. The van der Waals surface area contributed by atoms with E-state index in [0.717, 1.165) is 16.7 Å². The minimum absolute atomic E-state index is 0.0856. The maximum Gasteiger partial charge on any atom is 0.328 e. The van der Waals surface area contributed by atoms with Gasteiger partial charge in [0, 0.05) is 38.9 Å². The number of carbonyl (C=O) groups is 7. The molecule has 21 nitrogen and oxygen atoms in total. The van der Waals surface area contributed by atoms with Gasteiger partial charge in [-0.25, -0.2) is 4.79 Å². The van der Waals surface area contributed by atoms with E-state index in [9.17, 15) is 64.2 Å². The number of amides is 6. The van der Waals surface area contributed by atoms with Gasteiger partial charge in [0.25, 0.3) is 0 Å². The molecule has 13 N–H and O–H groups in total. The third-order valence-corrected chi connectivity index (χ3v) is 10.7. The third-order valence-electron chi connectivity index (χ3n) is 10.7. The normalized spacial score (nSPS) is 24.4. The quantitative estimate of drug-likeness (QED) is 0.0620. The highest BCUT2D eigenvalue weighted by atomic mass is 16.4. The maximum atomic E-state index is 14.4. The van der Waals surface area contributed by atoms with Crippen LogP contribution >= 0.6 is 0 Å². The summed E-state index contributed by atoms with van der Waals surface area (Å²) in [5.74, 6) is -6.46. The van der Waals surface area contributed by atoms with E-state index in [1.165, 1.54) is 29.2 Å². The number of hydrogen-bond acceptors (Lipinski definition) is 14. The van der Waals surface area contributed by atoms with Crippen LogP contribution in [0.4, 0.5) is 0 Å². The lowest BCUT2D eigenvalue weighted by Gasteiger charge is -2.33. The fraction of sp³-hybridized carbons (Fsp3) is 0.649. The molecule has 0 saturated carbocycles. The first kappa shape index (κ1) is 45.8. The number of carboxylic acids is 1. The molecule has 0 unspecified atom stereocenters. The number of nitrogens with two attached hydrogens (primary N) is 2. The zero-order valence-corrected chi connectivity index (χ0v) is 32.3. The molecule has 6 amide bonds. The van der Waals surface area contributed by atoms with Crippen LogP contribution in [-0.4, -0.2) is 180 Å². The van der Waals surface area contributed by atoms with Crippen molar-refractivity contribution < 1.29 is 64.2 Å². The topological polar surface area (TPSA) is 339 Å². The number of nitrogens with zero attached hydrogens (tertiary/aromatic N) is 3. The molecule has 0 bridgehead atoms. The number of β-amino-alcohol motifs (C(OH)–C–C–N with tert-alkyl or cyclic N) is 2. The van der Waals surface area contributed by atoms with Gasteiger partial charge >= 0.3 is 5.97 Å². The molecule has 3 heterocycles. The van der Waals surface area contributed by atoms with Crippen LogP contribution in [0, 0.1) is 0 Å². The lowest BCUT2D eigenvalue weighted by Crippen LogP contribution is -2.60. The first-order valence-electron chi connectivity index (χ1n) is 19.4. The highest BCUT2D eigenvalue weighted by molar-refractivity contribution is 5.98. The number of aromatic hydroxyl groups is 1. The SMILES string of the molecule is C[C@@H](O)[C@H](NC(=O)[C@@H]1C[C@@H](O)CN1C(=O)[C@@H]1C[C@@H](O)CN1C(=O)[C@H](Cc1ccc(O)cc1)NC(=O)[C@H](CO)NC(=O)[C@@H]1CCCN1C(=O)[C@@H](N)CCCCN)C(=O)O. The number of phenols is 1. The Morgan fingerprint density at radius 2 is 1.45 bits per heavy atom. The minimum Gasteiger partial charge on any atom is -0.508 e. The maximum absolute atomic E-state index is 14.4. The van der Waals surface area contributed by atoms with Crippen molar-refractivity contribution >= 4 is 41.4 Å². The van der Waals surface area contributed by atoms with Gasteiger partial charge in [-0.1, -0.05) is 18.6 Å². The van der Waals surface area contributed by atoms with Gasteiger partial charge in [0.1, 0.15) is 36.0 Å². The fourth-order valence-electron chi connectivity index (χ4n) is 7.58. The fourth-order valence-corrected chi connectivity index (χ4v) is 7.58. The second kappa shape index (κ2) is 20.7. The second-order valence-corrected chi connectivity index (χ2v) is 15.1. The summed E-state index contributed by atoms with van der Waals surface area (Å²) < 4.78 is 0. The molecule has 322 valence electrons. The van der Waals surface area contributed by atoms with Crippen molar-refractivity contribution in [3.05, 3.63) is 29.8 Å². The molecule has 3 saturated heterocycles. The zero-order chi connectivity index (χ0) is 42.8. The minimum atomic E-state index is -1.72. The summed E-state index contributed by atoms with van der Waals surface area (Å²) in [5.41, 5.74) is 12.1. The zero-order valence-electron chi connectivity index (χ0n) is 32.3. The molecule has 0 spiro atoms. The van der Waals surface area contributed by atoms with Crippen LogP contribution in [0.2, 0.25) is 0 Å². The Morgan fingerprint density at radius 3 is 2.05 bits per heavy atom. The molecule has 21 heteroatoms. The first-order valence-corrected chi connectivity index (χ1v) is 19.4. The standard InChI is InChI=1S/C37H56N8O13/c1-19(47)30(37(57)58)42-33(53)28-14-22(49)16-44(28)36(56)29-15-23(50)17-45(29)35(55)25(13-20-7-9-21(48)10-8-20)40-31(51)26(18-46)41-32(52)27-6-4-12-43(27)34(54)24(39)5-2-3-11-38/h7-10,19,22-30,46-50H,2-6,11-18,38-39H2,1H3,(H,40,51)(H,41,52)(H,42,53)(H,57,58)/t19-,22-,23-,24+,25+,26+,27+,28+,29+,30+/m1/s1. The predicted octanol–water partition coefficient (Wildman–Crippen LogP) is -4.78. The van der Waals surface area contributed by atoms with E-state index >= 15 is 0 Å². The van der Waals surface area contributed by atoms with Crippen molar-refractivity contribution in [3.8, 4) is 5.75 Å². The average molecular weight is 821 g/mol. The number of nitrogens with one attached hydrogen (secondary N) is 3. The van der Waals surface area contributed by atoms with Crippen LogP contribution in [0.5, 0.6) is 5.75 Å². The van der Waals surface area contributed by atoms with Crippen molar-refractivity contribution in [3.63, 3.8) is 0 Å². The number of rotatable bonds is 18. The number of unbranched alkanes of at least 4 members (excludes halogenated alkanes) is 1. The summed E-state index contributed by atoms with van der Waals surface area (Å²) in [5, 5.41) is 67.7. The second-order valence-electron chi connectivity index (χ2n) is 15.1. The van der Waals surface area contributed by atoms with E-state index in [1.54, 1.807) is 0 Å². The lowest BCUT2D eigenvalue weighted by molar-refractivity contribution is -0.149. The summed E-state index contributed by atoms with van der Waals surface area (Å²) in [4.78, 5) is 96.9. The number of hydrogen-bond donors (Lipinski definition) is 11. The van der Waals surface area contributed by atoms with Crippen LogP contribution in [0.25, 0.3) is 0 Å². The highest BCUT2D eigenvalue weighted by Gasteiger charge is 2.48. The van der Waals surface area contributed by atoms with Gasteiger partial charge in [0.2, 0.25) is 35.4 Å². The summed E-state index contributed by atoms with van der Waals surface area (Å²) in [6.07, 6.45) is -2.30. The van der Waals surface area contributed by atoms with E-state index in [4.69, 9.17) is 11.5 Å². The van der Waals surface area contributed by atoms with Gasteiger partial charge in [0.15, 0.2) is 6.04 Å². The van der Waals surface area contributed by atoms with Crippen molar-refractivity contribution in [2.24, 2.45) is 11.5 Å². The van der Waals surface area contributed by atoms with E-state index in [1.807, 2.05) is 0 Å². The summed E-state index contributed by atoms with van der Waals surface area (Å²) >= 11 is 0. The van der Waals surface area contributed by atoms with Crippen molar-refractivity contribution in [1.82, 2.24) is 30.7 Å². The molecule has 3 aliphatic rings. The molecule has 1 aromatic rings. The van der Waals surface area contributed by atoms with Gasteiger partial charge in [0.05, 0.1) is 31.0 Å². The van der Waals surface area contributed by atoms with Gasteiger partial charge < -0.3 is 72.8 Å². The van der Waals surface area contributed by atoms with Crippen molar-refractivity contribution in [2.75, 3.05) is 32.8 Å². The molecule has 0 aliphatic carbocycles. The van der Waals surface area contributed by atoms with Crippen LogP contribution in [0.1, 0.15) is 57.4 Å². The molecule has 10 atom stereocenters. The monoisotopic (exact) mass is 820 g/mol. The summed E-state index contributed by atoms with van der Waals surface area (Å²) in [6.45, 7) is 0.193. The number of likely N-dealkylation sites (tertiary alicyclic amines) is 3. The Labute approximate surface area is 334 Å². The summed E-state index contributed by atoms with van der Waals surface area (Å²) in [7, 11) is 0. The molecule has 3 aliphatic heterocycles. The van der Waals surface area contributed by atoms with Crippen molar-refractivity contribution in [2.45, 2.75) is 119 Å². The summed E-state index contributed by atoms with van der Waals surface area (Å²) in [6, 6.07) is -3.78. The van der Waals surface area contributed by atoms with Crippen molar-refractivity contribution in [1.29, 1.82) is 0 Å². The number of aliphatic hydroxyl groups is 4. The van der Waals surface area contributed by atoms with E-state index < -0.39 is 109 Å². The van der Waals surface area contributed by atoms with Gasteiger partial charge in [-0.05, 0) is 56.8 Å². The molecule has 1 aromatic carbocycles. The van der Waals surface area contributed by atoms with Crippen LogP contribution in [-0.2, 0) is 40.0 Å². The van der Waals surface area contributed by atoms with Gasteiger partial charge in [-0.15, -0.1) is 0 Å². The average Bonchev–Trinajstić information content (AvgIpc) is 3.93. The lowest BCUT2D eigenvalue weighted by atomic mass is 10.0. The number of aliphatic hydroxyl groups excluding tert-OH is 4. The number of carboxylic acid groups (broad SMARTS) is 1. The number of phenolic OH excluding ortho intramolecular Hbond substituents is 1. The molecule has 58 heavy (non-hydrogen) atoms. The van der Waals surface area contributed by atoms with Crippen LogP contribution < -0.4 is 27.4 Å². The first-order chi connectivity index (χ1) is 27.5. The van der Waals surface area contributed by atoms with Gasteiger partial charge in [-0.3, -0.25) is 28.8 Å². The Kier molecular flexibility index (Phi) is 16.3. The van der Waals surface area contributed by atoms with E-state index in [-0.39, 0.29) is 51.1 Å². The molecule has 4 rings (SSSR count). The number of carbonyl (C=O) groups excluding carboxylic acids is 6.